The van der Waals surface area contributed by atoms with Crippen LogP contribution in [-0.2, 0) is 0 Å². The monoisotopic (exact) mass is 339 g/mol. The first kappa shape index (κ1) is 18.3. The highest BCUT2D eigenvalue weighted by atomic mass is 16.4. The first-order valence-corrected chi connectivity index (χ1v) is 7.89. The zero-order valence-corrected chi connectivity index (χ0v) is 14.3. The maximum atomic E-state index is 11.1. The first-order valence-electron chi connectivity index (χ1n) is 7.89. The third-order valence-corrected chi connectivity index (χ3v) is 3.94. The van der Waals surface area contributed by atoms with E-state index in [0.717, 1.165) is 18.7 Å². The van der Waals surface area contributed by atoms with Crippen molar-refractivity contribution in [2.24, 2.45) is 0 Å². The third kappa shape index (κ3) is 4.47. The zero-order chi connectivity index (χ0) is 18.6. The lowest BCUT2D eigenvalue weighted by molar-refractivity contribution is 0.0696. The van der Waals surface area contributed by atoms with E-state index in [0.29, 0.717) is 11.3 Å². The number of carboxylic acids is 2. The van der Waals surface area contributed by atoms with Crippen LogP contribution in [-0.4, -0.2) is 35.2 Å². The summed E-state index contributed by atoms with van der Waals surface area (Å²) in [7, 11) is 0. The molecule has 0 bridgehead atoms. The van der Waals surface area contributed by atoms with Gasteiger partial charge in [-0.25, -0.2) is 9.59 Å². The molecule has 0 saturated carbocycles. The van der Waals surface area contributed by atoms with Gasteiger partial charge in [-0.1, -0.05) is 42.5 Å². The van der Waals surface area contributed by atoms with Crippen LogP contribution in [0.5, 0.6) is 0 Å². The quantitative estimate of drug-likeness (QED) is 0.825. The Labute approximate surface area is 146 Å². The summed E-state index contributed by atoms with van der Waals surface area (Å²) in [6.45, 7) is 9.01. The Morgan fingerprint density at radius 2 is 1.60 bits per heavy atom. The maximum Gasteiger partial charge on any atom is 0.338 e. The second-order valence-corrected chi connectivity index (χ2v) is 5.88. The minimum atomic E-state index is -1.10. The van der Waals surface area contributed by atoms with Crippen molar-refractivity contribution in [2.75, 3.05) is 18.0 Å². The summed E-state index contributed by atoms with van der Waals surface area (Å²) >= 11 is 0. The number of hydrogen-bond acceptors (Lipinski definition) is 3. The second-order valence-electron chi connectivity index (χ2n) is 5.88. The largest absolute Gasteiger partial charge is 0.478 e. The van der Waals surface area contributed by atoms with E-state index in [9.17, 15) is 9.59 Å². The number of rotatable bonds is 4. The number of carboxylic acid groups (broad SMARTS) is 2. The topological polar surface area (TPSA) is 77.6 Å². The molecule has 0 atom stereocenters. The Morgan fingerprint density at radius 1 is 1.00 bits per heavy atom. The number of carbonyl (C=O) groups is 2. The summed E-state index contributed by atoms with van der Waals surface area (Å²) < 4.78 is 0. The van der Waals surface area contributed by atoms with Gasteiger partial charge < -0.3 is 15.1 Å². The van der Waals surface area contributed by atoms with Gasteiger partial charge in [-0.05, 0) is 37.1 Å². The number of nitrogens with zero attached hydrogens (tertiary/aromatic N) is 1. The summed E-state index contributed by atoms with van der Waals surface area (Å²) in [5, 5.41) is 18.0. The molecule has 1 aliphatic rings. The summed E-state index contributed by atoms with van der Waals surface area (Å²) in [6, 6.07) is 13.2. The number of hydrogen-bond donors (Lipinski definition) is 2. The fourth-order valence-corrected chi connectivity index (χ4v) is 2.48. The fraction of sp³-hybridized carbons (Fsp3) is 0.200. The number of aromatic carboxylic acids is 2. The smallest absolute Gasteiger partial charge is 0.338 e. The molecule has 5 nitrogen and oxygen atoms in total. The standard InChI is InChI=1S/C11H11NO4.C9H10/c1-6-7(10(13)14)2-3-8(12-4-5-12)9(6)11(15)16;1-8(2)9-6-4-3-5-7-9/h2-3H,4-5H2,1H3,(H,13,14)(H,15,16);3-7H,1H2,2H3. The van der Waals surface area contributed by atoms with Gasteiger partial charge in [0.25, 0.3) is 0 Å². The summed E-state index contributed by atoms with van der Waals surface area (Å²) in [5.74, 6) is -2.18. The summed E-state index contributed by atoms with van der Waals surface area (Å²) in [4.78, 5) is 23.9. The van der Waals surface area contributed by atoms with Gasteiger partial charge in [-0.15, -0.1) is 0 Å². The molecule has 25 heavy (non-hydrogen) atoms. The molecule has 0 radical (unpaired) electrons. The molecule has 1 heterocycles. The van der Waals surface area contributed by atoms with Gasteiger partial charge in [0.2, 0.25) is 0 Å². The molecule has 1 aliphatic heterocycles. The van der Waals surface area contributed by atoms with Gasteiger partial charge in [0.1, 0.15) is 0 Å². The highest BCUT2D eigenvalue weighted by Crippen LogP contribution is 2.30. The molecular formula is C20H21NO4. The van der Waals surface area contributed by atoms with Crippen LogP contribution in [0.25, 0.3) is 5.57 Å². The molecule has 2 N–H and O–H groups in total. The maximum absolute atomic E-state index is 11.1. The average molecular weight is 339 g/mol. The normalized spacial score (nSPS) is 12.0. The van der Waals surface area contributed by atoms with E-state index in [2.05, 4.69) is 18.7 Å². The highest BCUT2D eigenvalue weighted by Gasteiger charge is 2.27. The predicted octanol–water partition coefficient (Wildman–Crippen LogP) is 3.93. The molecule has 2 aromatic rings. The third-order valence-electron chi connectivity index (χ3n) is 3.94. The first-order chi connectivity index (χ1) is 11.8. The summed E-state index contributed by atoms with van der Waals surface area (Å²) in [6.07, 6.45) is 0. The van der Waals surface area contributed by atoms with Crippen molar-refractivity contribution in [1.29, 1.82) is 0 Å². The van der Waals surface area contributed by atoms with Gasteiger partial charge in [0.05, 0.1) is 16.8 Å². The molecule has 130 valence electrons. The lowest BCUT2D eigenvalue weighted by Crippen LogP contribution is -2.11. The number of benzene rings is 2. The molecule has 0 unspecified atom stereocenters. The molecular weight excluding hydrogens is 318 g/mol. The molecule has 0 spiro atoms. The lowest BCUT2D eigenvalue weighted by atomic mass is 10.0. The number of anilines is 1. The Balaban J connectivity index is 0.000000212. The van der Waals surface area contributed by atoms with E-state index in [1.807, 2.05) is 30.0 Å². The fourth-order valence-electron chi connectivity index (χ4n) is 2.48. The van der Waals surface area contributed by atoms with E-state index in [4.69, 9.17) is 10.2 Å². The van der Waals surface area contributed by atoms with Crippen molar-refractivity contribution in [3.8, 4) is 0 Å². The molecule has 3 rings (SSSR count). The van der Waals surface area contributed by atoms with E-state index >= 15 is 0 Å². The zero-order valence-electron chi connectivity index (χ0n) is 14.3. The minimum absolute atomic E-state index is 0.0444. The minimum Gasteiger partial charge on any atom is -0.478 e. The van der Waals surface area contributed by atoms with E-state index in [1.165, 1.54) is 18.6 Å². The Kier molecular flexibility index (Phi) is 5.60. The Hall–Kier alpha value is -3.08. The van der Waals surface area contributed by atoms with E-state index in [-0.39, 0.29) is 11.1 Å². The second kappa shape index (κ2) is 7.66. The molecule has 1 saturated heterocycles. The Morgan fingerprint density at radius 3 is 2.00 bits per heavy atom. The summed E-state index contributed by atoms with van der Waals surface area (Å²) in [5.41, 5.74) is 3.40. The molecule has 1 fully saturated rings. The van der Waals surface area contributed by atoms with Crippen LogP contribution in [0.2, 0.25) is 0 Å². The predicted molar refractivity (Wildman–Crippen MR) is 98.5 cm³/mol. The van der Waals surface area contributed by atoms with Gasteiger partial charge >= 0.3 is 11.9 Å². The highest BCUT2D eigenvalue weighted by molar-refractivity contribution is 6.01. The SMILES string of the molecule is C=C(C)c1ccccc1.Cc1c(C(=O)O)ccc(N2CC2)c1C(=O)O. The van der Waals surface area contributed by atoms with Gasteiger partial charge in [0, 0.05) is 13.1 Å². The van der Waals surface area contributed by atoms with Crippen LogP contribution in [0, 0.1) is 6.92 Å². The van der Waals surface area contributed by atoms with Crippen molar-refractivity contribution in [1.82, 2.24) is 0 Å². The van der Waals surface area contributed by atoms with Gasteiger partial charge in [0.15, 0.2) is 0 Å². The van der Waals surface area contributed by atoms with Crippen LogP contribution in [0.1, 0.15) is 38.8 Å². The van der Waals surface area contributed by atoms with Crippen LogP contribution in [0.15, 0.2) is 49.0 Å². The molecule has 0 aliphatic carbocycles. The molecule has 2 aromatic carbocycles. The Bertz CT molecular complexity index is 808. The van der Waals surface area contributed by atoms with Crippen LogP contribution < -0.4 is 4.90 Å². The van der Waals surface area contributed by atoms with E-state index in [1.54, 1.807) is 6.07 Å². The van der Waals surface area contributed by atoms with Crippen molar-refractivity contribution < 1.29 is 19.8 Å². The van der Waals surface area contributed by atoms with Crippen molar-refractivity contribution in [2.45, 2.75) is 13.8 Å². The van der Waals surface area contributed by atoms with Crippen molar-refractivity contribution in [3.63, 3.8) is 0 Å². The van der Waals surface area contributed by atoms with Crippen molar-refractivity contribution in [3.05, 3.63) is 71.3 Å². The number of allylic oxidation sites excluding steroid dienone is 1. The van der Waals surface area contributed by atoms with Gasteiger partial charge in [-0.2, -0.15) is 0 Å². The van der Waals surface area contributed by atoms with Crippen LogP contribution in [0.3, 0.4) is 0 Å². The van der Waals surface area contributed by atoms with Crippen LogP contribution >= 0.6 is 0 Å². The van der Waals surface area contributed by atoms with Crippen molar-refractivity contribution >= 4 is 23.2 Å². The average Bonchev–Trinajstić information content (AvgIpc) is 3.40. The molecule has 5 heteroatoms. The lowest BCUT2D eigenvalue weighted by Gasteiger charge is -2.12. The van der Waals surface area contributed by atoms with Crippen LogP contribution in [0.4, 0.5) is 5.69 Å². The van der Waals surface area contributed by atoms with Gasteiger partial charge in [-0.3, -0.25) is 0 Å². The van der Waals surface area contributed by atoms with E-state index < -0.39 is 11.9 Å². The molecule has 0 aromatic heterocycles. The molecule has 0 amide bonds.